The van der Waals surface area contributed by atoms with Gasteiger partial charge in [0.05, 0.1) is 5.39 Å². The van der Waals surface area contributed by atoms with Gasteiger partial charge in [0, 0.05) is 0 Å². The summed E-state index contributed by atoms with van der Waals surface area (Å²) in [6.45, 7) is 0. The number of H-pyrrole nitrogens is 2. The van der Waals surface area contributed by atoms with E-state index < -0.39 is 0 Å². The molecule has 0 unspecified atom stereocenters. The third-order valence-electron chi connectivity index (χ3n) is 1.76. The van der Waals surface area contributed by atoms with Crippen molar-refractivity contribution in [3.8, 4) is 0 Å². The van der Waals surface area contributed by atoms with E-state index in [9.17, 15) is 4.79 Å². The molecular weight excluding hydrogens is 155 g/mol. The van der Waals surface area contributed by atoms with E-state index in [4.69, 9.17) is 5.73 Å². The molecule has 0 aliphatic heterocycles. The summed E-state index contributed by atoms with van der Waals surface area (Å²) in [5.41, 5.74) is 6.56. The first-order valence-electron chi connectivity index (χ1n) is 3.52. The van der Waals surface area contributed by atoms with Crippen LogP contribution in [0.1, 0.15) is 0 Å². The lowest BCUT2D eigenvalue weighted by molar-refractivity contribution is 1.18. The Hall–Kier alpha value is -1.72. The SMILES string of the molecule is Bc1c[nH]c2nc(N)[nH]c(=O)c12. The van der Waals surface area contributed by atoms with Crippen molar-refractivity contribution in [1.82, 2.24) is 15.0 Å². The number of hydrogen-bond donors (Lipinski definition) is 3. The lowest BCUT2D eigenvalue weighted by atomic mass is 9.97. The van der Waals surface area contributed by atoms with Gasteiger partial charge in [-0.1, -0.05) is 5.46 Å². The van der Waals surface area contributed by atoms with E-state index in [0.717, 1.165) is 5.46 Å². The molecule has 2 heterocycles. The second-order valence-electron chi connectivity index (χ2n) is 2.65. The Morgan fingerprint density at radius 2 is 2.33 bits per heavy atom. The fourth-order valence-electron chi connectivity index (χ4n) is 1.21. The molecule has 0 spiro atoms. The molecule has 0 aromatic carbocycles. The standard InChI is InChI=1S/C6H7BN4O/c7-2-1-9-4-3(2)5(12)11-6(8)10-4/h1H,7H2,(H4,8,9,10,11,12). The fraction of sp³-hybridized carbons (Fsp3) is 0. The maximum absolute atomic E-state index is 11.3. The van der Waals surface area contributed by atoms with Crippen molar-refractivity contribution in [2.45, 2.75) is 0 Å². The van der Waals surface area contributed by atoms with Crippen LogP contribution in [0.5, 0.6) is 0 Å². The topological polar surface area (TPSA) is 87.6 Å². The Kier molecular flexibility index (Phi) is 1.24. The zero-order chi connectivity index (χ0) is 8.72. The third kappa shape index (κ3) is 0.811. The van der Waals surface area contributed by atoms with E-state index in [1.807, 2.05) is 7.85 Å². The van der Waals surface area contributed by atoms with Gasteiger partial charge in [0.25, 0.3) is 5.56 Å². The van der Waals surface area contributed by atoms with Crippen LogP contribution >= 0.6 is 0 Å². The smallest absolute Gasteiger partial charge is 0.261 e. The predicted octanol–water partition coefficient (Wildman–Crippen LogP) is -1.91. The number of fused-ring (bicyclic) bond motifs is 1. The molecule has 0 atom stereocenters. The second kappa shape index (κ2) is 2.13. The highest BCUT2D eigenvalue weighted by Crippen LogP contribution is 2.00. The number of anilines is 1. The van der Waals surface area contributed by atoms with Crippen molar-refractivity contribution >= 4 is 30.3 Å². The van der Waals surface area contributed by atoms with Crippen LogP contribution in [-0.4, -0.2) is 22.8 Å². The minimum absolute atomic E-state index is 0.134. The minimum atomic E-state index is -0.198. The summed E-state index contributed by atoms with van der Waals surface area (Å²) < 4.78 is 0. The Morgan fingerprint density at radius 1 is 1.58 bits per heavy atom. The number of aromatic amines is 2. The molecule has 12 heavy (non-hydrogen) atoms. The molecule has 0 saturated heterocycles. The fourth-order valence-corrected chi connectivity index (χ4v) is 1.21. The van der Waals surface area contributed by atoms with E-state index in [-0.39, 0.29) is 11.5 Å². The molecule has 0 amide bonds. The molecular formula is C6H7BN4O. The van der Waals surface area contributed by atoms with Crippen LogP contribution in [0.15, 0.2) is 11.0 Å². The molecule has 0 fully saturated rings. The highest BCUT2D eigenvalue weighted by molar-refractivity contribution is 6.38. The third-order valence-corrected chi connectivity index (χ3v) is 1.76. The maximum Gasteiger partial charge on any atom is 0.261 e. The van der Waals surface area contributed by atoms with Crippen LogP contribution in [0.25, 0.3) is 11.0 Å². The van der Waals surface area contributed by atoms with Gasteiger partial charge in [-0.3, -0.25) is 9.78 Å². The lowest BCUT2D eigenvalue weighted by Gasteiger charge is -1.92. The van der Waals surface area contributed by atoms with Gasteiger partial charge >= 0.3 is 0 Å². The first kappa shape index (κ1) is 6.96. The van der Waals surface area contributed by atoms with Crippen molar-refractivity contribution in [1.29, 1.82) is 0 Å². The van der Waals surface area contributed by atoms with Crippen molar-refractivity contribution in [2.75, 3.05) is 5.73 Å². The van der Waals surface area contributed by atoms with Gasteiger partial charge < -0.3 is 10.7 Å². The van der Waals surface area contributed by atoms with Crippen molar-refractivity contribution in [2.24, 2.45) is 0 Å². The molecule has 0 radical (unpaired) electrons. The average Bonchev–Trinajstić information content (AvgIpc) is 2.31. The van der Waals surface area contributed by atoms with E-state index in [2.05, 4.69) is 15.0 Å². The summed E-state index contributed by atoms with van der Waals surface area (Å²) >= 11 is 0. The normalized spacial score (nSPS) is 10.7. The number of nitrogens with two attached hydrogens (primary N) is 1. The van der Waals surface area contributed by atoms with Crippen molar-refractivity contribution in [3.63, 3.8) is 0 Å². The largest absolute Gasteiger partial charge is 0.369 e. The number of nitrogen functional groups attached to an aromatic ring is 1. The summed E-state index contributed by atoms with van der Waals surface area (Å²) in [5, 5.41) is 0.573. The first-order valence-corrected chi connectivity index (χ1v) is 3.52. The second-order valence-corrected chi connectivity index (χ2v) is 2.65. The highest BCUT2D eigenvalue weighted by atomic mass is 16.1. The molecule has 60 valence electrons. The van der Waals surface area contributed by atoms with Crippen LogP contribution in [0.4, 0.5) is 5.95 Å². The molecule has 0 aliphatic rings. The van der Waals surface area contributed by atoms with E-state index in [1.165, 1.54) is 0 Å². The summed E-state index contributed by atoms with van der Waals surface area (Å²) in [5.74, 6) is 0.134. The molecule has 2 aromatic rings. The summed E-state index contributed by atoms with van der Waals surface area (Å²) in [6.07, 6.45) is 1.73. The summed E-state index contributed by atoms with van der Waals surface area (Å²) in [4.78, 5) is 20.5. The van der Waals surface area contributed by atoms with E-state index in [0.29, 0.717) is 11.0 Å². The van der Waals surface area contributed by atoms with Crippen LogP contribution < -0.4 is 16.8 Å². The van der Waals surface area contributed by atoms with Gasteiger partial charge in [0.2, 0.25) is 5.95 Å². The minimum Gasteiger partial charge on any atom is -0.369 e. The Morgan fingerprint density at radius 3 is 3.08 bits per heavy atom. The van der Waals surface area contributed by atoms with Crippen LogP contribution in [-0.2, 0) is 0 Å². The van der Waals surface area contributed by atoms with Crippen LogP contribution in [0, 0.1) is 0 Å². The van der Waals surface area contributed by atoms with Gasteiger partial charge in [-0.2, -0.15) is 4.98 Å². The zero-order valence-electron chi connectivity index (χ0n) is 6.51. The molecule has 4 N–H and O–H groups in total. The molecule has 2 aromatic heterocycles. The van der Waals surface area contributed by atoms with Crippen LogP contribution in [0.3, 0.4) is 0 Å². The van der Waals surface area contributed by atoms with Crippen LogP contribution in [0.2, 0.25) is 0 Å². The van der Waals surface area contributed by atoms with Gasteiger partial charge in [-0.25, -0.2) is 0 Å². The number of hydrogen-bond acceptors (Lipinski definition) is 3. The van der Waals surface area contributed by atoms with Crippen molar-refractivity contribution < 1.29 is 0 Å². The Bertz CT molecular complexity index is 486. The molecule has 5 nitrogen and oxygen atoms in total. The predicted molar refractivity (Wildman–Crippen MR) is 49.3 cm³/mol. The van der Waals surface area contributed by atoms with E-state index >= 15 is 0 Å². The molecule has 0 bridgehead atoms. The molecule has 6 heteroatoms. The number of aromatic nitrogens is 3. The Labute approximate surface area is 68.4 Å². The highest BCUT2D eigenvalue weighted by Gasteiger charge is 2.05. The number of nitrogens with one attached hydrogen (secondary N) is 2. The van der Waals surface area contributed by atoms with Gasteiger partial charge in [0.1, 0.15) is 13.5 Å². The summed E-state index contributed by atoms with van der Waals surface area (Å²) in [7, 11) is 1.84. The first-order chi connectivity index (χ1) is 5.68. The van der Waals surface area contributed by atoms with Gasteiger partial charge in [0.15, 0.2) is 0 Å². The van der Waals surface area contributed by atoms with Crippen molar-refractivity contribution in [3.05, 3.63) is 16.6 Å². The maximum atomic E-state index is 11.3. The van der Waals surface area contributed by atoms with Gasteiger partial charge in [-0.15, -0.1) is 0 Å². The molecule has 0 aliphatic carbocycles. The van der Waals surface area contributed by atoms with Gasteiger partial charge in [-0.05, 0) is 6.20 Å². The summed E-state index contributed by atoms with van der Waals surface area (Å²) in [6, 6.07) is 0. The molecule has 2 rings (SSSR count). The Balaban J connectivity index is 3.03. The zero-order valence-corrected chi connectivity index (χ0v) is 6.51. The monoisotopic (exact) mass is 162 g/mol. The quantitative estimate of drug-likeness (QED) is 0.395. The van der Waals surface area contributed by atoms with E-state index in [1.54, 1.807) is 6.20 Å². The number of rotatable bonds is 0. The molecule has 0 saturated carbocycles. The number of nitrogens with zero attached hydrogens (tertiary/aromatic N) is 1. The lowest BCUT2D eigenvalue weighted by Crippen LogP contribution is -2.16. The average molecular weight is 162 g/mol.